The van der Waals surface area contributed by atoms with Crippen molar-refractivity contribution in [1.29, 1.82) is 5.41 Å². The molecule has 1 amide bonds. The van der Waals surface area contributed by atoms with Crippen LogP contribution in [0.25, 0.3) is 6.08 Å². The van der Waals surface area contributed by atoms with Crippen LogP contribution in [0.5, 0.6) is 17.2 Å². The van der Waals surface area contributed by atoms with Gasteiger partial charge in [0.05, 0.1) is 12.7 Å². The lowest BCUT2D eigenvalue weighted by molar-refractivity contribution is -0.114. The van der Waals surface area contributed by atoms with Crippen LogP contribution in [0, 0.1) is 5.41 Å². The Balaban J connectivity index is 1.27. The van der Waals surface area contributed by atoms with Gasteiger partial charge in [-0.1, -0.05) is 24.3 Å². The Morgan fingerprint density at radius 1 is 1.03 bits per heavy atom. The van der Waals surface area contributed by atoms with E-state index < -0.39 is 5.91 Å². The van der Waals surface area contributed by atoms with Crippen molar-refractivity contribution in [2.75, 3.05) is 33.4 Å². The number of nitrogens with zero attached hydrogens (tertiary/aromatic N) is 4. The van der Waals surface area contributed by atoms with Crippen molar-refractivity contribution < 1.29 is 19.0 Å². The lowest BCUT2D eigenvalue weighted by Gasteiger charge is -2.20. The van der Waals surface area contributed by atoms with Gasteiger partial charge < -0.3 is 19.1 Å². The van der Waals surface area contributed by atoms with E-state index in [0.29, 0.717) is 35.4 Å². The lowest BCUT2D eigenvalue weighted by Crippen LogP contribution is -2.35. The molecule has 0 atom stereocenters. The quantitative estimate of drug-likeness (QED) is 0.464. The molecule has 2 aromatic rings. The second-order valence-corrected chi connectivity index (χ2v) is 8.95. The largest absolute Gasteiger partial charge is 0.493 e. The summed E-state index contributed by atoms with van der Waals surface area (Å²) in [5.41, 5.74) is 0.866. The van der Waals surface area contributed by atoms with E-state index >= 15 is 0 Å². The van der Waals surface area contributed by atoms with Crippen LogP contribution in [0.4, 0.5) is 0 Å². The predicted molar refractivity (Wildman–Crippen MR) is 136 cm³/mol. The summed E-state index contributed by atoms with van der Waals surface area (Å²) in [6.07, 6.45) is 3.87. The highest BCUT2D eigenvalue weighted by molar-refractivity contribution is 8.26. The number of benzene rings is 2. The Labute approximate surface area is 207 Å². The minimum atomic E-state index is -0.455. The fraction of sp³-hybridized carbons (Fsp3) is 0.280. The summed E-state index contributed by atoms with van der Waals surface area (Å²) in [5.74, 6) is 1.42. The molecule has 5 rings (SSSR count). The molecule has 0 aliphatic carbocycles. The predicted octanol–water partition coefficient (Wildman–Crippen LogP) is 3.83. The fourth-order valence-corrected chi connectivity index (χ4v) is 4.85. The number of para-hydroxylation sites is 1. The molecule has 1 N–H and O–H groups in total. The van der Waals surface area contributed by atoms with Crippen LogP contribution in [0.15, 0.2) is 64.2 Å². The lowest BCUT2D eigenvalue weighted by atomic mass is 10.1. The molecule has 180 valence electrons. The maximum Gasteiger partial charge on any atom is 0.283 e. The molecule has 0 radical (unpaired) electrons. The molecule has 9 nitrogen and oxygen atoms in total. The summed E-state index contributed by atoms with van der Waals surface area (Å²) in [6, 6.07) is 14.9. The summed E-state index contributed by atoms with van der Waals surface area (Å²) in [6.45, 7) is 2.60. The molecular formula is C25H25N5O4S. The molecule has 10 heteroatoms. The van der Waals surface area contributed by atoms with E-state index in [1.54, 1.807) is 31.4 Å². The van der Waals surface area contributed by atoms with Crippen LogP contribution in [0.2, 0.25) is 0 Å². The van der Waals surface area contributed by atoms with Gasteiger partial charge >= 0.3 is 0 Å². The summed E-state index contributed by atoms with van der Waals surface area (Å²) in [4.78, 5) is 19.1. The van der Waals surface area contributed by atoms with Crippen molar-refractivity contribution in [3.05, 3.63) is 59.7 Å². The van der Waals surface area contributed by atoms with Gasteiger partial charge in [0.1, 0.15) is 19.0 Å². The van der Waals surface area contributed by atoms with Crippen molar-refractivity contribution in [3.8, 4) is 17.2 Å². The maximum absolute atomic E-state index is 12.7. The van der Waals surface area contributed by atoms with Gasteiger partial charge in [0.25, 0.3) is 5.91 Å². The Hall–Kier alpha value is -3.79. The second-order valence-electron chi connectivity index (χ2n) is 8.02. The Kier molecular flexibility index (Phi) is 6.71. The molecule has 35 heavy (non-hydrogen) atoms. The minimum Gasteiger partial charge on any atom is -0.493 e. The monoisotopic (exact) mass is 491 g/mol. The van der Waals surface area contributed by atoms with E-state index in [9.17, 15) is 4.79 Å². The molecular weight excluding hydrogens is 466 g/mol. The summed E-state index contributed by atoms with van der Waals surface area (Å²) < 4.78 is 17.0. The highest BCUT2D eigenvalue weighted by Crippen LogP contribution is 2.32. The molecule has 0 bridgehead atoms. The Bertz CT molecular complexity index is 1220. The third kappa shape index (κ3) is 5.02. The highest BCUT2D eigenvalue weighted by atomic mass is 32.2. The number of likely N-dealkylation sites (tertiary alicyclic amines) is 1. The van der Waals surface area contributed by atoms with E-state index in [1.807, 2.05) is 30.3 Å². The normalized spacial score (nSPS) is 18.5. The van der Waals surface area contributed by atoms with Crippen molar-refractivity contribution in [1.82, 2.24) is 9.91 Å². The summed E-state index contributed by atoms with van der Waals surface area (Å²) >= 11 is 1.34. The number of amides is 1. The number of carbonyl (C=O) groups excluding carboxylic acids is 1. The van der Waals surface area contributed by atoms with E-state index in [2.05, 4.69) is 15.0 Å². The fourth-order valence-electron chi connectivity index (χ4n) is 3.91. The van der Waals surface area contributed by atoms with Crippen LogP contribution in [-0.4, -0.2) is 65.4 Å². The molecule has 0 unspecified atom stereocenters. The zero-order valence-electron chi connectivity index (χ0n) is 19.3. The average Bonchev–Trinajstić information content (AvgIpc) is 3.56. The number of thioether (sulfide) groups is 1. The van der Waals surface area contributed by atoms with Crippen molar-refractivity contribution >= 4 is 39.9 Å². The first-order valence-electron chi connectivity index (χ1n) is 11.4. The smallest absolute Gasteiger partial charge is 0.283 e. The number of aliphatic imine (C=N–C) groups is 1. The Morgan fingerprint density at radius 2 is 1.80 bits per heavy atom. The van der Waals surface area contributed by atoms with E-state index in [1.165, 1.54) is 16.8 Å². The molecule has 0 aromatic heterocycles. The SMILES string of the molecule is COc1cc(/C=C2/C(=N)N3N=C(N4CCCC4)SC3=NC2=O)ccc1OCCOc1ccccc1. The number of amidine groups is 3. The standard InChI is InChI=1S/C25H25N5O4S/c1-32-21-16-17(9-10-20(21)34-14-13-33-18-7-3-2-4-8-18)15-19-22(26)30-24(27-23(19)31)35-25(28-30)29-11-5-6-12-29/h2-4,7-10,15-16,26H,5-6,11-14H2,1H3/b19-15-,26-22?. The average molecular weight is 492 g/mol. The minimum absolute atomic E-state index is 0.0130. The third-order valence-electron chi connectivity index (χ3n) is 5.67. The molecule has 3 aliphatic heterocycles. The summed E-state index contributed by atoms with van der Waals surface area (Å²) in [7, 11) is 1.56. The van der Waals surface area contributed by atoms with Gasteiger partial charge in [-0.15, -0.1) is 5.10 Å². The molecule has 1 fully saturated rings. The van der Waals surface area contributed by atoms with Crippen LogP contribution >= 0.6 is 11.8 Å². The number of hydrazone groups is 1. The van der Waals surface area contributed by atoms with Gasteiger partial charge in [-0.25, -0.2) is 0 Å². The number of fused-ring (bicyclic) bond motifs is 1. The van der Waals surface area contributed by atoms with Gasteiger partial charge in [0.2, 0.25) is 5.17 Å². The Morgan fingerprint density at radius 3 is 2.57 bits per heavy atom. The van der Waals surface area contributed by atoms with Gasteiger partial charge in [-0.05, 0) is 60.5 Å². The topological polar surface area (TPSA) is 99.8 Å². The van der Waals surface area contributed by atoms with E-state index in [4.69, 9.17) is 19.6 Å². The van der Waals surface area contributed by atoms with Crippen LogP contribution < -0.4 is 14.2 Å². The zero-order valence-corrected chi connectivity index (χ0v) is 20.1. The number of ether oxygens (including phenoxy) is 3. The maximum atomic E-state index is 12.7. The zero-order chi connectivity index (χ0) is 24.2. The van der Waals surface area contributed by atoms with E-state index in [-0.39, 0.29) is 11.4 Å². The van der Waals surface area contributed by atoms with E-state index in [0.717, 1.165) is 36.8 Å². The third-order valence-corrected chi connectivity index (χ3v) is 6.64. The van der Waals surface area contributed by atoms with Gasteiger partial charge in [0.15, 0.2) is 22.5 Å². The number of carbonyl (C=O) groups is 1. The number of hydrogen-bond donors (Lipinski definition) is 1. The van der Waals surface area contributed by atoms with Crippen molar-refractivity contribution in [3.63, 3.8) is 0 Å². The van der Waals surface area contributed by atoms with Gasteiger partial charge in [-0.2, -0.15) is 10.0 Å². The second kappa shape index (κ2) is 10.2. The first-order valence-corrected chi connectivity index (χ1v) is 12.2. The van der Waals surface area contributed by atoms with Crippen LogP contribution in [-0.2, 0) is 4.79 Å². The van der Waals surface area contributed by atoms with Crippen LogP contribution in [0.3, 0.4) is 0 Å². The number of hydrogen-bond acceptors (Lipinski definition) is 8. The van der Waals surface area contributed by atoms with Gasteiger partial charge in [0, 0.05) is 13.1 Å². The number of nitrogens with one attached hydrogen (secondary N) is 1. The first-order chi connectivity index (χ1) is 17.1. The molecule has 0 saturated carbocycles. The van der Waals surface area contributed by atoms with Crippen molar-refractivity contribution in [2.45, 2.75) is 12.8 Å². The van der Waals surface area contributed by atoms with Gasteiger partial charge in [-0.3, -0.25) is 10.2 Å². The number of methoxy groups -OCH3 is 1. The van der Waals surface area contributed by atoms with Crippen molar-refractivity contribution in [2.24, 2.45) is 10.1 Å². The molecule has 3 aliphatic rings. The first kappa shape index (κ1) is 23.0. The number of rotatable bonds is 7. The summed E-state index contributed by atoms with van der Waals surface area (Å²) in [5, 5.41) is 15.8. The molecule has 0 spiro atoms. The van der Waals surface area contributed by atoms with Crippen LogP contribution in [0.1, 0.15) is 18.4 Å². The molecule has 3 heterocycles. The highest BCUT2D eigenvalue weighted by Gasteiger charge is 2.37. The molecule has 2 aromatic carbocycles. The molecule has 1 saturated heterocycles.